The number of benzene rings is 2. The van der Waals surface area contributed by atoms with Crippen molar-refractivity contribution in [3.63, 3.8) is 0 Å². The van der Waals surface area contributed by atoms with Gasteiger partial charge in [0.05, 0.1) is 37.8 Å². The first-order valence-corrected chi connectivity index (χ1v) is 9.45. The number of nitrogens with zero attached hydrogens (tertiary/aromatic N) is 1. The van der Waals surface area contributed by atoms with Gasteiger partial charge < -0.3 is 19.6 Å². The maximum atomic E-state index is 11.5. The summed E-state index contributed by atoms with van der Waals surface area (Å²) in [6.07, 6.45) is 0. The van der Waals surface area contributed by atoms with Crippen molar-refractivity contribution in [1.29, 1.82) is 0 Å². The van der Waals surface area contributed by atoms with E-state index in [9.17, 15) is 4.79 Å². The Morgan fingerprint density at radius 2 is 1.83 bits per heavy atom. The van der Waals surface area contributed by atoms with Crippen molar-refractivity contribution in [3.8, 4) is 11.5 Å². The Labute approximate surface area is 175 Å². The number of carbonyl (C=O) groups is 1. The number of ether oxygens (including phenoxy) is 2. The number of aryl methyl sites for hydroxylation is 1. The second kappa shape index (κ2) is 9.87. The van der Waals surface area contributed by atoms with E-state index in [1.807, 2.05) is 55.5 Å². The first-order chi connectivity index (χ1) is 14.5. The minimum Gasteiger partial charge on any atom is -0.468 e. The Bertz CT molecular complexity index is 1050. The lowest BCUT2D eigenvalue weighted by molar-refractivity contribution is -0.139. The van der Waals surface area contributed by atoms with Gasteiger partial charge in [0, 0.05) is 5.39 Å². The van der Waals surface area contributed by atoms with Crippen LogP contribution in [0.15, 0.2) is 55.1 Å². The van der Waals surface area contributed by atoms with Gasteiger partial charge in [0.2, 0.25) is 0 Å². The molecule has 156 valence electrons. The zero-order valence-corrected chi connectivity index (χ0v) is 17.3. The van der Waals surface area contributed by atoms with E-state index in [2.05, 4.69) is 22.1 Å². The van der Waals surface area contributed by atoms with Crippen molar-refractivity contribution in [2.24, 2.45) is 0 Å². The molecule has 1 heterocycles. The lowest BCUT2D eigenvalue weighted by Crippen LogP contribution is -2.23. The van der Waals surface area contributed by atoms with Crippen LogP contribution in [0.25, 0.3) is 16.5 Å². The fourth-order valence-electron chi connectivity index (χ4n) is 3.09. The van der Waals surface area contributed by atoms with Gasteiger partial charge in [-0.25, -0.2) is 4.98 Å². The lowest BCUT2D eigenvalue weighted by atomic mass is 10.0. The molecule has 7 heteroatoms. The molecule has 0 radical (unpaired) electrons. The number of aromatic nitrogens is 1. The van der Waals surface area contributed by atoms with Crippen LogP contribution in [0.3, 0.4) is 0 Å². The number of hydrogen-bond acceptors (Lipinski definition) is 7. The summed E-state index contributed by atoms with van der Waals surface area (Å²) in [6.45, 7) is 6.42. The third kappa shape index (κ3) is 4.94. The third-order valence-corrected chi connectivity index (χ3v) is 4.63. The number of nitrogens with one attached hydrogen (secondary N) is 2. The Morgan fingerprint density at radius 1 is 1.07 bits per heavy atom. The predicted octanol–water partition coefficient (Wildman–Crippen LogP) is 3.72. The standard InChI is InChI=1S/C23H25N3O4/c1-15-19-11-10-18(30-17-8-6-5-7-9-17)12-20(19)21(13-25-29-4)26-23(15)16(2)24-14-22(27)28-3/h5-12,24-25H,2,13-14H2,1,3-4H3. The molecule has 3 rings (SSSR count). The largest absolute Gasteiger partial charge is 0.468 e. The molecular formula is C23H25N3O4. The number of para-hydroxylation sites is 1. The summed E-state index contributed by atoms with van der Waals surface area (Å²) >= 11 is 0. The second-order valence-electron chi connectivity index (χ2n) is 6.59. The van der Waals surface area contributed by atoms with E-state index in [0.29, 0.717) is 23.7 Å². The van der Waals surface area contributed by atoms with Crippen LogP contribution in [0.1, 0.15) is 17.0 Å². The molecule has 0 amide bonds. The minimum atomic E-state index is -0.376. The fraction of sp³-hybridized carbons (Fsp3) is 0.217. The van der Waals surface area contributed by atoms with Crippen molar-refractivity contribution in [2.75, 3.05) is 20.8 Å². The lowest BCUT2D eigenvalue weighted by Gasteiger charge is -2.17. The summed E-state index contributed by atoms with van der Waals surface area (Å²) in [7, 11) is 2.90. The number of hydrogen-bond donors (Lipinski definition) is 2. The fourth-order valence-corrected chi connectivity index (χ4v) is 3.09. The molecule has 0 fully saturated rings. The Morgan fingerprint density at radius 3 is 2.53 bits per heavy atom. The monoisotopic (exact) mass is 407 g/mol. The van der Waals surface area contributed by atoms with Crippen LogP contribution in [0, 0.1) is 6.92 Å². The van der Waals surface area contributed by atoms with Crippen molar-refractivity contribution in [3.05, 3.63) is 72.1 Å². The van der Waals surface area contributed by atoms with E-state index < -0.39 is 0 Å². The summed E-state index contributed by atoms with van der Waals surface area (Å²) in [4.78, 5) is 21.3. The first-order valence-electron chi connectivity index (χ1n) is 9.45. The molecule has 0 aliphatic carbocycles. The van der Waals surface area contributed by atoms with Gasteiger partial charge in [-0.3, -0.25) is 4.79 Å². The molecule has 0 aliphatic rings. The number of methoxy groups -OCH3 is 1. The highest BCUT2D eigenvalue weighted by molar-refractivity contribution is 5.91. The molecule has 0 atom stereocenters. The molecule has 2 aromatic carbocycles. The summed E-state index contributed by atoms with van der Waals surface area (Å²) < 4.78 is 10.7. The predicted molar refractivity (Wildman–Crippen MR) is 116 cm³/mol. The molecular weight excluding hydrogens is 382 g/mol. The van der Waals surface area contributed by atoms with Crippen molar-refractivity contribution < 1.29 is 19.1 Å². The summed E-state index contributed by atoms with van der Waals surface area (Å²) in [5, 5.41) is 4.92. The van der Waals surface area contributed by atoms with Gasteiger partial charge in [-0.2, -0.15) is 5.48 Å². The molecule has 0 spiro atoms. The normalized spacial score (nSPS) is 10.6. The van der Waals surface area contributed by atoms with Gasteiger partial charge in [-0.15, -0.1) is 0 Å². The van der Waals surface area contributed by atoms with E-state index in [1.54, 1.807) is 7.11 Å². The smallest absolute Gasteiger partial charge is 0.325 e. The van der Waals surface area contributed by atoms with Gasteiger partial charge in [0.25, 0.3) is 0 Å². The van der Waals surface area contributed by atoms with Crippen molar-refractivity contribution >= 4 is 22.4 Å². The molecule has 2 N–H and O–H groups in total. The topological polar surface area (TPSA) is 81.7 Å². The number of fused-ring (bicyclic) bond motifs is 1. The summed E-state index contributed by atoms with van der Waals surface area (Å²) in [6, 6.07) is 15.5. The zero-order valence-electron chi connectivity index (χ0n) is 17.3. The van der Waals surface area contributed by atoms with Crippen LogP contribution in [0.5, 0.6) is 11.5 Å². The van der Waals surface area contributed by atoms with Gasteiger partial charge in [0.1, 0.15) is 18.0 Å². The Kier molecular flexibility index (Phi) is 7.00. The quantitative estimate of drug-likeness (QED) is 0.413. The van der Waals surface area contributed by atoms with Crippen LogP contribution < -0.4 is 15.5 Å². The van der Waals surface area contributed by atoms with Crippen LogP contribution in [-0.4, -0.2) is 31.7 Å². The highest BCUT2D eigenvalue weighted by Gasteiger charge is 2.15. The van der Waals surface area contributed by atoms with Crippen LogP contribution in [-0.2, 0) is 20.9 Å². The molecule has 7 nitrogen and oxygen atoms in total. The van der Waals surface area contributed by atoms with Gasteiger partial charge in [0.15, 0.2) is 0 Å². The van der Waals surface area contributed by atoms with Gasteiger partial charge in [-0.1, -0.05) is 30.8 Å². The van der Waals surface area contributed by atoms with E-state index in [0.717, 1.165) is 27.8 Å². The summed E-state index contributed by atoms with van der Waals surface area (Å²) in [5.74, 6) is 1.10. The maximum absolute atomic E-state index is 11.5. The molecule has 0 bridgehead atoms. The van der Waals surface area contributed by atoms with Crippen molar-refractivity contribution in [2.45, 2.75) is 13.5 Å². The zero-order chi connectivity index (χ0) is 21.5. The van der Waals surface area contributed by atoms with E-state index in [-0.39, 0.29) is 12.5 Å². The number of pyridine rings is 1. The minimum absolute atomic E-state index is 0.0179. The van der Waals surface area contributed by atoms with E-state index >= 15 is 0 Å². The molecule has 0 saturated carbocycles. The van der Waals surface area contributed by atoms with Crippen LogP contribution >= 0.6 is 0 Å². The Hall–Kier alpha value is -3.42. The van der Waals surface area contributed by atoms with E-state index in [1.165, 1.54) is 7.11 Å². The molecule has 1 aromatic heterocycles. The first kappa shape index (κ1) is 21.3. The summed E-state index contributed by atoms with van der Waals surface area (Å²) in [5.41, 5.74) is 5.78. The Balaban J connectivity index is 1.99. The molecule has 0 aliphatic heterocycles. The molecule has 0 saturated heterocycles. The number of esters is 1. The van der Waals surface area contributed by atoms with Gasteiger partial charge >= 0.3 is 5.97 Å². The maximum Gasteiger partial charge on any atom is 0.325 e. The third-order valence-electron chi connectivity index (χ3n) is 4.63. The average molecular weight is 407 g/mol. The highest BCUT2D eigenvalue weighted by atomic mass is 16.6. The second-order valence-corrected chi connectivity index (χ2v) is 6.59. The SMILES string of the molecule is C=C(NCC(=O)OC)c1nc(CNOC)c2cc(Oc3ccccc3)ccc2c1C. The number of hydroxylamine groups is 1. The van der Waals surface area contributed by atoms with Crippen LogP contribution in [0.4, 0.5) is 0 Å². The average Bonchev–Trinajstić information content (AvgIpc) is 2.77. The molecule has 3 aromatic rings. The molecule has 30 heavy (non-hydrogen) atoms. The van der Waals surface area contributed by atoms with Crippen LogP contribution in [0.2, 0.25) is 0 Å². The highest BCUT2D eigenvalue weighted by Crippen LogP contribution is 2.31. The van der Waals surface area contributed by atoms with Crippen molar-refractivity contribution in [1.82, 2.24) is 15.8 Å². The number of carbonyl (C=O) groups excluding carboxylic acids is 1. The van der Waals surface area contributed by atoms with E-state index in [4.69, 9.17) is 14.6 Å². The van der Waals surface area contributed by atoms with Gasteiger partial charge in [-0.05, 0) is 42.1 Å². The number of rotatable bonds is 9. The molecule has 0 unspecified atom stereocenters.